The van der Waals surface area contributed by atoms with Crippen molar-refractivity contribution < 1.29 is 46.6 Å². The highest BCUT2D eigenvalue weighted by Gasteiger charge is 2.50. The Labute approximate surface area is 212 Å². The highest BCUT2D eigenvalue weighted by molar-refractivity contribution is 5.83. The van der Waals surface area contributed by atoms with E-state index in [2.05, 4.69) is 10.3 Å². The van der Waals surface area contributed by atoms with Crippen LogP contribution in [0.25, 0.3) is 0 Å². The maximum atomic E-state index is 14.8. The Kier molecular flexibility index (Phi) is 3.55. The van der Waals surface area contributed by atoms with E-state index in [-0.39, 0.29) is 37.3 Å². The number of hydrogen-bond acceptors (Lipinski definition) is 5. The third-order valence-corrected chi connectivity index (χ3v) is 5.97. The van der Waals surface area contributed by atoms with Crippen LogP contribution in [0.5, 0.6) is 0 Å². The second-order valence-corrected chi connectivity index (χ2v) is 8.07. The first-order chi connectivity index (χ1) is 21.1. The molecule has 1 aromatic rings. The van der Waals surface area contributed by atoms with Crippen LogP contribution >= 0.6 is 0 Å². The third-order valence-electron chi connectivity index (χ3n) is 5.97. The van der Waals surface area contributed by atoms with Gasteiger partial charge in [0.2, 0.25) is 5.91 Å². The van der Waals surface area contributed by atoms with Gasteiger partial charge in [-0.3, -0.25) is 9.78 Å². The molecule has 0 bridgehead atoms. The Morgan fingerprint density at radius 1 is 1.55 bits per heavy atom. The summed E-state index contributed by atoms with van der Waals surface area (Å²) in [6.07, 6.45) is -18.1. The van der Waals surface area contributed by atoms with Gasteiger partial charge in [0, 0.05) is 76.4 Å². The van der Waals surface area contributed by atoms with Crippen LogP contribution in [0.2, 0.25) is 0 Å². The molecule has 1 saturated heterocycles. The smallest absolute Gasteiger partial charge is 0.379 e. The molecule has 0 spiro atoms. The quantitative estimate of drug-likeness (QED) is 0.694. The number of aromatic nitrogens is 1. The molecule has 0 aromatic carbocycles. The van der Waals surface area contributed by atoms with Crippen molar-refractivity contribution in [3.63, 3.8) is 0 Å². The fourth-order valence-corrected chi connectivity index (χ4v) is 4.10. The molecule has 33 heavy (non-hydrogen) atoms. The van der Waals surface area contributed by atoms with Gasteiger partial charge in [-0.2, -0.15) is 13.2 Å². The lowest BCUT2D eigenvalue weighted by Crippen LogP contribution is -2.52. The van der Waals surface area contributed by atoms with Crippen LogP contribution in [0.1, 0.15) is 75.3 Å². The first kappa shape index (κ1) is 12.3. The van der Waals surface area contributed by atoms with Crippen LogP contribution in [0.15, 0.2) is 12.3 Å². The van der Waals surface area contributed by atoms with Gasteiger partial charge in [0.15, 0.2) is 0 Å². The van der Waals surface area contributed by atoms with Crippen molar-refractivity contribution in [1.82, 2.24) is 15.2 Å². The molecule has 6 nitrogen and oxygen atoms in total. The summed E-state index contributed by atoms with van der Waals surface area (Å²) in [4.78, 5) is 19.1. The summed E-state index contributed by atoms with van der Waals surface area (Å²) in [7, 11) is 1.22. The standard InChI is InChI=1S/C24H34F3N3O3/c1-15(2)23(7-4-18(11-23)29-20-6-9-33-14-21(20)32-3)22(31)30-8-5-19-16(13-30)10-17(12-28-19)24(25,26)27/h10,12,15,18,20-21,29H,4-9,11,13-14H2,1-3H3/t18-,20+,21-,23+/m1/s1/i1D3,2D3,4D2,7D2,11D2,15D,18D. The van der Waals surface area contributed by atoms with Crippen LogP contribution in [0.4, 0.5) is 13.2 Å². The highest BCUT2D eigenvalue weighted by Crippen LogP contribution is 2.47. The summed E-state index contributed by atoms with van der Waals surface area (Å²) < 4.78 is 173. The summed E-state index contributed by atoms with van der Waals surface area (Å²) in [5.74, 6) is -6.48. The molecule has 2 fully saturated rings. The Morgan fingerprint density at radius 2 is 2.36 bits per heavy atom. The topological polar surface area (TPSA) is 63.7 Å². The molecular weight excluding hydrogens is 435 g/mol. The minimum Gasteiger partial charge on any atom is -0.379 e. The van der Waals surface area contributed by atoms with Gasteiger partial charge in [-0.05, 0) is 43.1 Å². The van der Waals surface area contributed by atoms with E-state index in [0.717, 1.165) is 0 Å². The minimum atomic E-state index is -4.88. The molecule has 1 N–H and O–H groups in total. The van der Waals surface area contributed by atoms with E-state index in [0.29, 0.717) is 17.2 Å². The fraction of sp³-hybridized carbons (Fsp3) is 0.750. The van der Waals surface area contributed by atoms with Crippen molar-refractivity contribution in [2.75, 3.05) is 26.9 Å². The largest absolute Gasteiger partial charge is 0.417 e. The minimum absolute atomic E-state index is 0.00929. The third kappa shape index (κ3) is 4.91. The van der Waals surface area contributed by atoms with E-state index < -0.39 is 93.0 Å². The summed E-state index contributed by atoms with van der Waals surface area (Å²) in [5.41, 5.74) is -5.78. The number of methoxy groups -OCH3 is 1. The van der Waals surface area contributed by atoms with Gasteiger partial charge in [0.05, 0.1) is 23.7 Å². The number of amides is 1. The van der Waals surface area contributed by atoms with Crippen LogP contribution in [0.3, 0.4) is 0 Å². The Morgan fingerprint density at radius 3 is 3.09 bits per heavy atom. The number of halogens is 3. The van der Waals surface area contributed by atoms with E-state index in [4.69, 9.17) is 24.6 Å². The fourth-order valence-electron chi connectivity index (χ4n) is 4.10. The van der Waals surface area contributed by atoms with E-state index >= 15 is 0 Å². The number of nitrogens with zero attached hydrogens (tertiary/aromatic N) is 2. The van der Waals surface area contributed by atoms with E-state index in [1.165, 1.54) is 7.11 Å². The molecule has 2 aliphatic heterocycles. The summed E-state index contributed by atoms with van der Waals surface area (Å²) >= 11 is 0. The average Bonchev–Trinajstić information content (AvgIpc) is 3.01. The Bertz CT molecular complexity index is 1380. The van der Waals surface area contributed by atoms with Gasteiger partial charge >= 0.3 is 6.18 Å². The number of nitrogens with one attached hydrogen (secondary N) is 1. The van der Waals surface area contributed by atoms with Gasteiger partial charge in [-0.15, -0.1) is 0 Å². The number of ether oxygens (including phenoxy) is 2. The lowest BCUT2D eigenvalue weighted by molar-refractivity contribution is -0.146. The van der Waals surface area contributed by atoms with Gasteiger partial charge < -0.3 is 19.7 Å². The number of hydrogen-bond donors (Lipinski definition) is 1. The van der Waals surface area contributed by atoms with E-state index in [1.54, 1.807) is 0 Å². The van der Waals surface area contributed by atoms with Crippen LogP contribution in [-0.2, 0) is 33.4 Å². The van der Waals surface area contributed by atoms with E-state index in [1.807, 2.05) is 0 Å². The van der Waals surface area contributed by atoms with Crippen LogP contribution in [-0.4, -0.2) is 60.8 Å². The van der Waals surface area contributed by atoms with E-state index in [9.17, 15) is 22.1 Å². The lowest BCUT2D eigenvalue weighted by Gasteiger charge is -2.40. The number of pyridine rings is 1. The van der Waals surface area contributed by atoms with Gasteiger partial charge in [0.25, 0.3) is 0 Å². The Hall–Kier alpha value is -1.71. The number of fused-ring (bicyclic) bond motifs is 1. The molecule has 1 saturated carbocycles. The van der Waals surface area contributed by atoms with Crippen LogP contribution < -0.4 is 5.32 Å². The molecule has 4 atom stereocenters. The first-order valence-corrected chi connectivity index (χ1v) is 10.3. The number of carbonyl (C=O) groups is 1. The SMILES string of the molecule is [2H]C([2H])([2H])C([2H])(C([2H])([2H])[2H])[C@]1(C(=O)N2CCc3ncc(C(F)(F)F)cc3C2)C([2H])([2H])C([2H])([2H])[C@@]([2H])(N[C@H]2CCOC[C@H]2OC)C1([2H])[2H]. The van der Waals surface area contributed by atoms with Crippen molar-refractivity contribution in [2.45, 2.75) is 76.5 Å². The molecule has 1 amide bonds. The van der Waals surface area contributed by atoms with Gasteiger partial charge in [0.1, 0.15) is 0 Å². The molecule has 0 unspecified atom stereocenters. The molecule has 1 aliphatic carbocycles. The molecule has 184 valence electrons. The van der Waals surface area contributed by atoms with Gasteiger partial charge in [-0.1, -0.05) is 13.7 Å². The molecule has 1 aromatic heterocycles. The monoisotopic (exact) mass is 483 g/mol. The maximum absolute atomic E-state index is 14.8. The zero-order valence-corrected chi connectivity index (χ0v) is 17.8. The van der Waals surface area contributed by atoms with Crippen molar-refractivity contribution in [3.05, 3.63) is 29.1 Å². The number of rotatable bonds is 5. The lowest BCUT2D eigenvalue weighted by atomic mass is 9.74. The second kappa shape index (κ2) is 9.50. The summed E-state index contributed by atoms with van der Waals surface area (Å²) in [6.45, 7) is -10.1. The van der Waals surface area contributed by atoms with Crippen molar-refractivity contribution >= 4 is 5.91 Å². The number of carbonyl (C=O) groups excluding carboxylic acids is 1. The summed E-state index contributed by atoms with van der Waals surface area (Å²) in [6, 6.07) is -4.20. The molecular formula is C24H34F3N3O3. The predicted octanol–water partition coefficient (Wildman–Crippen LogP) is 3.57. The highest BCUT2D eigenvalue weighted by atomic mass is 19.4. The molecule has 4 rings (SSSR count). The molecule has 3 heterocycles. The van der Waals surface area contributed by atoms with Crippen molar-refractivity contribution in [2.24, 2.45) is 11.3 Å². The average molecular weight is 484 g/mol. The zero-order chi connectivity index (χ0) is 36.0. The summed E-state index contributed by atoms with van der Waals surface area (Å²) in [5, 5.41) is 2.37. The Balaban J connectivity index is 2.04. The normalized spacial score (nSPS) is 44.7. The first-order valence-electron chi connectivity index (χ1n) is 17.3. The molecule has 9 heteroatoms. The number of alkyl halides is 3. The predicted molar refractivity (Wildman–Crippen MR) is 116 cm³/mol. The second-order valence-electron chi connectivity index (χ2n) is 8.07. The molecule has 0 radical (unpaired) electrons. The zero-order valence-electron chi connectivity index (χ0n) is 31.8. The van der Waals surface area contributed by atoms with Crippen LogP contribution in [0, 0.1) is 11.3 Å². The van der Waals surface area contributed by atoms with Crippen molar-refractivity contribution in [1.29, 1.82) is 0 Å². The van der Waals surface area contributed by atoms with Gasteiger partial charge in [-0.25, -0.2) is 0 Å². The molecule has 3 aliphatic rings. The van der Waals surface area contributed by atoms with Crippen molar-refractivity contribution in [3.8, 4) is 0 Å². The maximum Gasteiger partial charge on any atom is 0.417 e.